The topological polar surface area (TPSA) is 33.1 Å². The molecule has 2 heterocycles. The highest BCUT2D eigenvalue weighted by Crippen LogP contribution is 2.10. The standard InChI is InChI=1S/C15H28N4/c1-3-19-13-17-11-15(19)10-16-9-14(2)12-18-7-5-4-6-8-18/h11,13-14,16H,3-10,12H2,1-2H3. The molecular weight excluding hydrogens is 236 g/mol. The normalized spacial score (nSPS) is 18.6. The predicted octanol–water partition coefficient (Wildman–Crippen LogP) is 2.11. The Labute approximate surface area is 117 Å². The summed E-state index contributed by atoms with van der Waals surface area (Å²) in [6.45, 7) is 11.4. The zero-order valence-electron chi connectivity index (χ0n) is 12.4. The maximum absolute atomic E-state index is 4.20. The Morgan fingerprint density at radius 3 is 2.84 bits per heavy atom. The second-order valence-electron chi connectivity index (χ2n) is 5.77. The van der Waals surface area contributed by atoms with Crippen LogP contribution in [-0.2, 0) is 13.1 Å². The van der Waals surface area contributed by atoms with Crippen molar-refractivity contribution in [2.75, 3.05) is 26.2 Å². The summed E-state index contributed by atoms with van der Waals surface area (Å²) in [5.41, 5.74) is 1.28. The summed E-state index contributed by atoms with van der Waals surface area (Å²) < 4.78 is 2.20. The van der Waals surface area contributed by atoms with Crippen molar-refractivity contribution >= 4 is 0 Å². The van der Waals surface area contributed by atoms with E-state index in [0.29, 0.717) is 0 Å². The van der Waals surface area contributed by atoms with Crippen molar-refractivity contribution in [2.24, 2.45) is 5.92 Å². The molecule has 1 aromatic rings. The van der Waals surface area contributed by atoms with Crippen LogP contribution in [0.15, 0.2) is 12.5 Å². The van der Waals surface area contributed by atoms with Crippen molar-refractivity contribution in [3.05, 3.63) is 18.2 Å². The van der Waals surface area contributed by atoms with Crippen LogP contribution in [0, 0.1) is 5.92 Å². The van der Waals surface area contributed by atoms with Gasteiger partial charge in [-0.3, -0.25) is 0 Å². The van der Waals surface area contributed by atoms with Gasteiger partial charge in [0.2, 0.25) is 0 Å². The molecule has 0 spiro atoms. The van der Waals surface area contributed by atoms with Crippen molar-refractivity contribution in [3.8, 4) is 0 Å². The van der Waals surface area contributed by atoms with Gasteiger partial charge in [-0.05, 0) is 45.3 Å². The smallest absolute Gasteiger partial charge is 0.0948 e. The number of imidazole rings is 1. The van der Waals surface area contributed by atoms with E-state index in [1.807, 2.05) is 12.5 Å². The number of likely N-dealkylation sites (tertiary alicyclic amines) is 1. The average molecular weight is 264 g/mol. The maximum Gasteiger partial charge on any atom is 0.0948 e. The zero-order chi connectivity index (χ0) is 13.5. The molecule has 1 aliphatic heterocycles. The minimum atomic E-state index is 0.719. The second kappa shape index (κ2) is 7.65. The quantitative estimate of drug-likeness (QED) is 0.819. The molecular formula is C15H28N4. The summed E-state index contributed by atoms with van der Waals surface area (Å²) in [6, 6.07) is 0. The van der Waals surface area contributed by atoms with E-state index in [1.54, 1.807) is 0 Å². The SMILES string of the molecule is CCn1cncc1CNCC(C)CN1CCCCC1. The molecule has 0 saturated carbocycles. The van der Waals surface area contributed by atoms with Crippen molar-refractivity contribution in [2.45, 2.75) is 46.2 Å². The van der Waals surface area contributed by atoms with Gasteiger partial charge in [-0.25, -0.2) is 4.98 Å². The molecule has 0 aliphatic carbocycles. The number of rotatable bonds is 7. The first-order chi connectivity index (χ1) is 9.29. The summed E-state index contributed by atoms with van der Waals surface area (Å²) in [5.74, 6) is 0.719. The Hall–Kier alpha value is -0.870. The molecule has 1 atom stereocenters. The van der Waals surface area contributed by atoms with Gasteiger partial charge in [0.15, 0.2) is 0 Å². The summed E-state index contributed by atoms with van der Waals surface area (Å²) in [6.07, 6.45) is 8.07. The molecule has 2 rings (SSSR count). The highest BCUT2D eigenvalue weighted by Gasteiger charge is 2.13. The molecule has 1 saturated heterocycles. The molecule has 1 aromatic heterocycles. The number of aryl methyl sites for hydroxylation is 1. The lowest BCUT2D eigenvalue weighted by Crippen LogP contribution is -2.36. The molecule has 4 heteroatoms. The number of nitrogens with one attached hydrogen (secondary N) is 1. The summed E-state index contributed by atoms with van der Waals surface area (Å²) in [7, 11) is 0. The Morgan fingerprint density at radius 2 is 2.11 bits per heavy atom. The lowest BCUT2D eigenvalue weighted by molar-refractivity contribution is 0.199. The molecule has 1 N–H and O–H groups in total. The molecule has 0 bridgehead atoms. The van der Waals surface area contributed by atoms with Crippen molar-refractivity contribution in [1.82, 2.24) is 19.8 Å². The Morgan fingerprint density at radius 1 is 1.32 bits per heavy atom. The third-order valence-corrected chi connectivity index (χ3v) is 3.96. The first kappa shape index (κ1) is 14.5. The van der Waals surface area contributed by atoms with E-state index >= 15 is 0 Å². The predicted molar refractivity (Wildman–Crippen MR) is 79.1 cm³/mol. The molecule has 108 valence electrons. The highest BCUT2D eigenvalue weighted by atomic mass is 15.1. The number of piperidine rings is 1. The summed E-state index contributed by atoms with van der Waals surface area (Å²) in [5, 5.41) is 3.56. The van der Waals surface area contributed by atoms with Gasteiger partial charge in [-0.2, -0.15) is 0 Å². The molecule has 1 unspecified atom stereocenters. The third-order valence-electron chi connectivity index (χ3n) is 3.96. The Kier molecular flexibility index (Phi) is 5.86. The van der Waals surface area contributed by atoms with Crippen LogP contribution in [0.5, 0.6) is 0 Å². The number of hydrogen-bond acceptors (Lipinski definition) is 3. The van der Waals surface area contributed by atoms with Crippen LogP contribution in [0.4, 0.5) is 0 Å². The van der Waals surface area contributed by atoms with Crippen LogP contribution in [0.3, 0.4) is 0 Å². The maximum atomic E-state index is 4.20. The van der Waals surface area contributed by atoms with Crippen LogP contribution >= 0.6 is 0 Å². The number of hydrogen-bond donors (Lipinski definition) is 1. The molecule has 1 aliphatic rings. The second-order valence-corrected chi connectivity index (χ2v) is 5.77. The van der Waals surface area contributed by atoms with E-state index in [0.717, 1.165) is 25.6 Å². The minimum Gasteiger partial charge on any atom is -0.334 e. The first-order valence-corrected chi connectivity index (χ1v) is 7.71. The fraction of sp³-hybridized carbons (Fsp3) is 0.800. The van der Waals surface area contributed by atoms with E-state index in [2.05, 4.69) is 33.6 Å². The molecule has 1 fully saturated rings. The van der Waals surface area contributed by atoms with E-state index in [-0.39, 0.29) is 0 Å². The summed E-state index contributed by atoms with van der Waals surface area (Å²) >= 11 is 0. The molecule has 4 nitrogen and oxygen atoms in total. The minimum absolute atomic E-state index is 0.719. The van der Waals surface area contributed by atoms with Gasteiger partial charge < -0.3 is 14.8 Å². The van der Waals surface area contributed by atoms with Crippen molar-refractivity contribution in [3.63, 3.8) is 0 Å². The van der Waals surface area contributed by atoms with Gasteiger partial charge in [0, 0.05) is 25.8 Å². The van der Waals surface area contributed by atoms with Crippen LogP contribution in [0.1, 0.15) is 38.8 Å². The van der Waals surface area contributed by atoms with Crippen molar-refractivity contribution in [1.29, 1.82) is 0 Å². The van der Waals surface area contributed by atoms with Crippen molar-refractivity contribution < 1.29 is 0 Å². The number of aromatic nitrogens is 2. The van der Waals surface area contributed by atoms with Crippen LogP contribution in [0.25, 0.3) is 0 Å². The van der Waals surface area contributed by atoms with Crippen LogP contribution < -0.4 is 5.32 Å². The van der Waals surface area contributed by atoms with E-state index < -0.39 is 0 Å². The average Bonchev–Trinajstić information content (AvgIpc) is 2.87. The lowest BCUT2D eigenvalue weighted by atomic mass is 10.1. The molecule has 0 amide bonds. The summed E-state index contributed by atoms with van der Waals surface area (Å²) in [4.78, 5) is 6.82. The van der Waals surface area contributed by atoms with E-state index in [4.69, 9.17) is 0 Å². The van der Waals surface area contributed by atoms with E-state index in [1.165, 1.54) is 44.6 Å². The largest absolute Gasteiger partial charge is 0.334 e. The Balaban J connectivity index is 1.64. The van der Waals surface area contributed by atoms with Gasteiger partial charge in [0.1, 0.15) is 0 Å². The fourth-order valence-electron chi connectivity index (χ4n) is 2.87. The van der Waals surface area contributed by atoms with Gasteiger partial charge in [-0.1, -0.05) is 13.3 Å². The molecule has 0 aromatic carbocycles. The van der Waals surface area contributed by atoms with Gasteiger partial charge >= 0.3 is 0 Å². The molecule has 19 heavy (non-hydrogen) atoms. The van der Waals surface area contributed by atoms with Gasteiger partial charge in [0.05, 0.1) is 12.0 Å². The van der Waals surface area contributed by atoms with Crippen LogP contribution in [-0.4, -0.2) is 40.6 Å². The fourth-order valence-corrected chi connectivity index (χ4v) is 2.87. The first-order valence-electron chi connectivity index (χ1n) is 7.71. The monoisotopic (exact) mass is 264 g/mol. The third kappa shape index (κ3) is 4.62. The van der Waals surface area contributed by atoms with Crippen LogP contribution in [0.2, 0.25) is 0 Å². The highest BCUT2D eigenvalue weighted by molar-refractivity contribution is 4.97. The Bertz CT molecular complexity index is 355. The lowest BCUT2D eigenvalue weighted by Gasteiger charge is -2.29. The zero-order valence-corrected chi connectivity index (χ0v) is 12.4. The van der Waals surface area contributed by atoms with Gasteiger partial charge in [0.25, 0.3) is 0 Å². The van der Waals surface area contributed by atoms with Gasteiger partial charge in [-0.15, -0.1) is 0 Å². The molecule has 0 radical (unpaired) electrons. The number of nitrogens with zero attached hydrogens (tertiary/aromatic N) is 3. The van der Waals surface area contributed by atoms with E-state index in [9.17, 15) is 0 Å².